The summed E-state index contributed by atoms with van der Waals surface area (Å²) in [5.74, 6) is -13.2. The van der Waals surface area contributed by atoms with E-state index in [4.69, 9.17) is 16.6 Å². The number of aliphatic carboxylic acids is 3. The Morgan fingerprint density at radius 1 is 0.563 bits per heavy atom. The largest absolute Gasteiger partial charge is 0.481 e. The smallest absolute Gasteiger partial charge is 0.305 e. The topological polar surface area (TPSA) is 463 Å². The molecule has 0 aliphatic carbocycles. The number of aromatic nitrogens is 2. The Hall–Kier alpha value is -8.58. The number of nitrogens with one attached hydrogen (secondary N) is 9. The van der Waals surface area contributed by atoms with Gasteiger partial charge in [-0.2, -0.15) is 23.5 Å². The second-order valence-corrected chi connectivity index (χ2v) is 22.6. The van der Waals surface area contributed by atoms with Crippen molar-refractivity contribution < 1.29 is 77.6 Å². The Balaban J connectivity index is 1.97. The molecule has 0 saturated carbocycles. The van der Waals surface area contributed by atoms with Gasteiger partial charge in [0.1, 0.15) is 48.3 Å². The van der Waals surface area contributed by atoms with Crippen LogP contribution in [0.3, 0.4) is 0 Å². The third-order valence-corrected chi connectivity index (χ3v) is 14.5. The van der Waals surface area contributed by atoms with Crippen molar-refractivity contribution >= 4 is 101 Å². The third-order valence-electron chi connectivity index (χ3n) is 13.2. The van der Waals surface area contributed by atoms with Gasteiger partial charge in [0, 0.05) is 44.6 Å². The number of thioether (sulfide) groups is 2. The van der Waals surface area contributed by atoms with Crippen molar-refractivity contribution in [3.63, 3.8) is 0 Å². The lowest BCUT2D eigenvalue weighted by Gasteiger charge is -2.32. The van der Waals surface area contributed by atoms with E-state index in [0.717, 1.165) is 4.90 Å². The molecule has 0 radical (unpaired) electrons. The number of carboxylic acids is 3. The second kappa shape index (κ2) is 37.8. The highest BCUT2D eigenvalue weighted by Gasteiger charge is 2.37. The molecular weight excluding hydrogens is 1170 g/mol. The molecule has 16 N–H and O–H groups in total. The molecule has 0 aliphatic heterocycles. The van der Waals surface area contributed by atoms with Gasteiger partial charge < -0.3 is 79.2 Å². The van der Waals surface area contributed by atoms with E-state index in [1.807, 2.05) is 20.1 Å². The van der Waals surface area contributed by atoms with Gasteiger partial charge in [0.15, 0.2) is 0 Å². The minimum Gasteiger partial charge on any atom is -0.481 e. The molecule has 2 aromatic carbocycles. The van der Waals surface area contributed by atoms with Crippen LogP contribution in [-0.2, 0) is 81.6 Å². The van der Waals surface area contributed by atoms with Gasteiger partial charge in [0.25, 0.3) is 0 Å². The maximum absolute atomic E-state index is 14.9. The maximum atomic E-state index is 14.9. The van der Waals surface area contributed by atoms with Crippen molar-refractivity contribution in [2.75, 3.05) is 37.6 Å². The number of benzene rings is 2. The molecule has 0 fully saturated rings. The lowest BCUT2D eigenvalue weighted by molar-refractivity contribution is -0.143. The van der Waals surface area contributed by atoms with E-state index >= 15 is 0 Å². The molecule has 0 saturated heterocycles. The highest BCUT2D eigenvalue weighted by Crippen LogP contribution is 2.15. The molecule has 0 bridgehead atoms. The number of carboxylic acid groups (broad SMARTS) is 3. The summed E-state index contributed by atoms with van der Waals surface area (Å²) in [7, 11) is 1.28. The zero-order chi connectivity index (χ0) is 64.8. The lowest BCUT2D eigenvalue weighted by Crippen LogP contribution is -2.61. The highest BCUT2D eigenvalue weighted by atomic mass is 32.2. The number of carbonyl (C=O) groups excluding carboxylic acids is 10. The number of amides is 10. The van der Waals surface area contributed by atoms with E-state index in [1.54, 1.807) is 66.9 Å². The number of aromatic amines is 1. The molecule has 9 atom stereocenters. The van der Waals surface area contributed by atoms with Crippen LogP contribution >= 0.6 is 23.5 Å². The molecule has 31 heteroatoms. The molecule has 0 aliphatic rings. The number of nitrogens with zero attached hydrogens (tertiary/aromatic N) is 2. The number of hydrogen-bond acceptors (Lipinski definition) is 17. The number of likely N-dealkylation sites (N-methyl/N-ethyl adjacent to an activating group) is 1. The van der Waals surface area contributed by atoms with Crippen LogP contribution in [0.15, 0.2) is 73.2 Å². The summed E-state index contributed by atoms with van der Waals surface area (Å²) in [6.45, 7) is 2.95. The Morgan fingerprint density at radius 2 is 1.05 bits per heavy atom. The fourth-order valence-electron chi connectivity index (χ4n) is 8.62. The molecule has 1 aromatic heterocycles. The standard InChI is InChI=1S/C56H79N13O16S2/c1-31(2)22-39(52(81)63-36(48(58)77)18-20-86-4)62-44(70)29-60-55(84)43(24-33-14-10-7-11-15-33)69(3)56(85)42(23-32-12-8-6-9-13-32)68-50(79)37(16-17-45(71)72)65-54(83)41(27-47(75)76)67-53(82)40(25-34-28-59-30-61-34)66-51(80)38(19-21-87-5)64-49(78)35(57)26-46(73)74/h6-15,28,30-31,35-43H,16-27,29,57H2,1-5H3,(H2,58,77)(H,59,61)(H,60,84)(H,62,70)(H,63,81)(H,64,78)(H,65,83)(H,66,80)(H,67,82)(H,68,79)(H,71,72)(H,73,74)(H,75,76)/t35-,36-,37-,38-,39-,40-,41-,42-,43-/m0/s1. The monoisotopic (exact) mass is 1250 g/mol. The van der Waals surface area contributed by atoms with Gasteiger partial charge in [-0.3, -0.25) is 62.3 Å². The quantitative estimate of drug-likeness (QED) is 0.0291. The van der Waals surface area contributed by atoms with Crippen LogP contribution < -0.4 is 54.0 Å². The van der Waals surface area contributed by atoms with Crippen LogP contribution in [0, 0.1) is 5.92 Å². The minimum atomic E-state index is -2.02. The summed E-state index contributed by atoms with van der Waals surface area (Å²) in [6, 6.07) is 3.22. The molecule has 87 heavy (non-hydrogen) atoms. The van der Waals surface area contributed by atoms with Crippen molar-refractivity contribution in [1.29, 1.82) is 0 Å². The number of hydrogen-bond donors (Lipinski definition) is 14. The Labute approximate surface area is 511 Å². The second-order valence-electron chi connectivity index (χ2n) is 20.7. The van der Waals surface area contributed by atoms with E-state index in [-0.39, 0.29) is 50.1 Å². The lowest BCUT2D eigenvalue weighted by atomic mass is 10.00. The van der Waals surface area contributed by atoms with Crippen LogP contribution in [0.2, 0.25) is 0 Å². The molecule has 1 heterocycles. The maximum Gasteiger partial charge on any atom is 0.305 e. The number of carbonyl (C=O) groups is 13. The van der Waals surface area contributed by atoms with Crippen molar-refractivity contribution in [3.05, 3.63) is 90.0 Å². The van der Waals surface area contributed by atoms with Gasteiger partial charge in [-0.05, 0) is 66.7 Å². The third kappa shape index (κ3) is 26.7. The SMILES string of the molecule is CSCC[C@H](NC(=O)[C@H](CC(C)C)NC(=O)CNC(=O)[C@H](Cc1ccccc1)N(C)C(=O)[C@H](Cc1ccccc1)NC(=O)[C@H](CCC(=O)O)NC(=O)[C@H](CC(=O)O)NC(=O)[C@H](Cc1cnc[nH]1)NC(=O)[C@H](CCSC)NC(=O)[C@@H](N)CC(=O)O)C(N)=O. The highest BCUT2D eigenvalue weighted by molar-refractivity contribution is 7.98. The molecule has 3 aromatic rings. The molecular formula is C56H79N13O16S2. The van der Waals surface area contributed by atoms with Gasteiger partial charge in [-0.1, -0.05) is 74.5 Å². The normalized spacial score (nSPS) is 14.1. The predicted octanol–water partition coefficient (Wildman–Crippen LogP) is -2.05. The van der Waals surface area contributed by atoms with E-state index in [0.29, 0.717) is 22.6 Å². The van der Waals surface area contributed by atoms with Crippen molar-refractivity contribution in [1.82, 2.24) is 57.4 Å². The molecule has 3 rings (SSSR count). The predicted molar refractivity (Wildman–Crippen MR) is 320 cm³/mol. The van der Waals surface area contributed by atoms with E-state index in [1.165, 1.54) is 43.1 Å². The van der Waals surface area contributed by atoms with Crippen LogP contribution in [0.4, 0.5) is 0 Å². The summed E-state index contributed by atoms with van der Waals surface area (Å²) in [4.78, 5) is 181. The van der Waals surface area contributed by atoms with Crippen LogP contribution in [0.5, 0.6) is 0 Å². The van der Waals surface area contributed by atoms with Crippen LogP contribution in [-0.4, -0.2) is 199 Å². The van der Waals surface area contributed by atoms with Crippen LogP contribution in [0.1, 0.15) is 75.6 Å². The molecule has 476 valence electrons. The van der Waals surface area contributed by atoms with Crippen LogP contribution in [0.25, 0.3) is 0 Å². The number of H-pyrrole nitrogens is 1. The van der Waals surface area contributed by atoms with E-state index < -0.39 is 164 Å². The number of nitrogens with two attached hydrogens (primary N) is 2. The first-order valence-corrected chi connectivity index (χ1v) is 30.4. The average molecular weight is 1250 g/mol. The molecule has 0 spiro atoms. The first-order valence-electron chi connectivity index (χ1n) is 27.6. The zero-order valence-corrected chi connectivity index (χ0v) is 50.5. The summed E-state index contributed by atoms with van der Waals surface area (Å²) >= 11 is 2.74. The van der Waals surface area contributed by atoms with Gasteiger partial charge in [0.05, 0.1) is 31.8 Å². The van der Waals surface area contributed by atoms with Crippen molar-refractivity contribution in [2.45, 2.75) is 132 Å². The molecule has 10 amide bonds. The Morgan fingerprint density at radius 3 is 1.57 bits per heavy atom. The summed E-state index contributed by atoms with van der Waals surface area (Å²) in [5, 5.41) is 48.6. The van der Waals surface area contributed by atoms with Crippen molar-refractivity contribution in [3.8, 4) is 0 Å². The number of primary amides is 1. The van der Waals surface area contributed by atoms with E-state index in [2.05, 4.69) is 52.5 Å². The van der Waals surface area contributed by atoms with Gasteiger partial charge in [-0.15, -0.1) is 0 Å². The Bertz CT molecular complexity index is 2820. The summed E-state index contributed by atoms with van der Waals surface area (Å²) in [5.41, 5.74) is 12.6. The molecule has 0 unspecified atom stereocenters. The number of rotatable bonds is 40. The van der Waals surface area contributed by atoms with Gasteiger partial charge in [-0.25, -0.2) is 4.98 Å². The van der Waals surface area contributed by atoms with Gasteiger partial charge >= 0.3 is 17.9 Å². The molecule has 29 nitrogen and oxygen atoms in total. The Kier molecular flexibility index (Phi) is 31.5. The fourth-order valence-corrected chi connectivity index (χ4v) is 9.56. The number of imidazole rings is 1. The van der Waals surface area contributed by atoms with Crippen molar-refractivity contribution in [2.24, 2.45) is 17.4 Å². The zero-order valence-electron chi connectivity index (χ0n) is 48.9. The first kappa shape index (κ1) is 72.7. The summed E-state index contributed by atoms with van der Waals surface area (Å²) in [6.07, 6.45) is 2.43. The summed E-state index contributed by atoms with van der Waals surface area (Å²) < 4.78 is 0. The fraction of sp³-hybridized carbons (Fsp3) is 0.500. The first-order chi connectivity index (χ1) is 41.2. The average Bonchev–Trinajstić information content (AvgIpc) is 2.89. The minimum absolute atomic E-state index is 0.0242. The van der Waals surface area contributed by atoms with Gasteiger partial charge in [0.2, 0.25) is 59.1 Å². The van der Waals surface area contributed by atoms with E-state index in [9.17, 15) is 72.5 Å².